The molecule has 0 heterocycles. The Morgan fingerprint density at radius 2 is 1.07 bits per heavy atom. The highest BCUT2D eigenvalue weighted by atomic mass is 16.5. The molecule has 0 N–H and O–H groups in total. The van der Waals surface area contributed by atoms with E-state index in [1.165, 1.54) is 23.3 Å². The molecule has 0 saturated heterocycles. The van der Waals surface area contributed by atoms with Crippen molar-refractivity contribution in [2.24, 2.45) is 5.92 Å². The van der Waals surface area contributed by atoms with Gasteiger partial charge in [0.2, 0.25) is 0 Å². The normalized spacial score (nSPS) is 15.8. The number of carbonyl (C=O) groups excluding carboxylic acids is 4. The standard InChI is InChI=1S/C39H50O7/c1-3-37(41)44-27-11-7-5-9-13-30-15-17-32(18-16-30)29-36(40)33-23-25-35(26-24-33)46-39(43)34-21-19-31(20-22-34)14-10-6-8-12-28-45-38(42)4-2/h3-4,15-22,33,35H,1-2,5-14,23-29H2. The molecule has 7 heteroatoms. The Hall–Kier alpha value is -4.00. The lowest BCUT2D eigenvalue weighted by Gasteiger charge is -2.27. The van der Waals surface area contributed by atoms with E-state index in [1.807, 2.05) is 24.3 Å². The highest BCUT2D eigenvalue weighted by molar-refractivity contribution is 5.89. The van der Waals surface area contributed by atoms with Gasteiger partial charge in [0.15, 0.2) is 0 Å². The summed E-state index contributed by atoms with van der Waals surface area (Å²) in [6, 6.07) is 16.0. The number of carbonyl (C=O) groups is 4. The lowest BCUT2D eigenvalue weighted by atomic mass is 9.83. The average Bonchev–Trinajstić information content (AvgIpc) is 3.08. The minimum absolute atomic E-state index is 0.0156. The summed E-state index contributed by atoms with van der Waals surface area (Å²) in [6.07, 6.45) is 15.5. The largest absolute Gasteiger partial charge is 0.463 e. The van der Waals surface area contributed by atoms with Crippen LogP contribution >= 0.6 is 0 Å². The molecule has 7 nitrogen and oxygen atoms in total. The van der Waals surface area contributed by atoms with Crippen molar-refractivity contribution in [1.29, 1.82) is 0 Å². The molecule has 1 saturated carbocycles. The van der Waals surface area contributed by atoms with Crippen LogP contribution in [0.15, 0.2) is 73.8 Å². The van der Waals surface area contributed by atoms with E-state index in [4.69, 9.17) is 14.2 Å². The van der Waals surface area contributed by atoms with Crippen LogP contribution in [-0.2, 0) is 47.9 Å². The predicted molar refractivity (Wildman–Crippen MR) is 179 cm³/mol. The first-order valence-electron chi connectivity index (χ1n) is 16.9. The zero-order valence-electron chi connectivity index (χ0n) is 27.2. The van der Waals surface area contributed by atoms with Crippen molar-refractivity contribution in [3.63, 3.8) is 0 Å². The summed E-state index contributed by atoms with van der Waals surface area (Å²) in [5.41, 5.74) is 4.05. The van der Waals surface area contributed by atoms with E-state index in [-0.39, 0.29) is 35.7 Å². The van der Waals surface area contributed by atoms with Gasteiger partial charge in [-0.2, -0.15) is 0 Å². The number of hydrogen-bond acceptors (Lipinski definition) is 7. The fourth-order valence-electron chi connectivity index (χ4n) is 5.73. The number of ether oxygens (including phenoxy) is 3. The molecule has 1 aliphatic carbocycles. The second-order valence-electron chi connectivity index (χ2n) is 12.1. The number of aryl methyl sites for hydroxylation is 2. The maximum Gasteiger partial charge on any atom is 0.338 e. The Labute approximate surface area is 274 Å². The SMILES string of the molecule is C=CC(=O)OCCCCCCc1ccc(CC(=O)C2CCC(OC(=O)c3ccc(CCCCCCOC(=O)C=C)cc3)CC2)cc1. The number of unbranched alkanes of at least 4 members (excludes halogenated alkanes) is 6. The van der Waals surface area contributed by atoms with Gasteiger partial charge in [0.1, 0.15) is 11.9 Å². The fourth-order valence-corrected chi connectivity index (χ4v) is 5.73. The molecule has 3 rings (SSSR count). The van der Waals surface area contributed by atoms with Crippen LogP contribution in [0.3, 0.4) is 0 Å². The first-order chi connectivity index (χ1) is 22.4. The van der Waals surface area contributed by atoms with E-state index in [0.29, 0.717) is 38.0 Å². The number of ketones is 1. The van der Waals surface area contributed by atoms with Crippen molar-refractivity contribution in [3.05, 3.63) is 96.1 Å². The number of rotatable bonds is 21. The van der Waals surface area contributed by atoms with Gasteiger partial charge in [0, 0.05) is 24.5 Å². The molecule has 1 fully saturated rings. The molecule has 0 amide bonds. The van der Waals surface area contributed by atoms with Gasteiger partial charge in [0.05, 0.1) is 18.8 Å². The molecule has 0 radical (unpaired) electrons. The highest BCUT2D eigenvalue weighted by Gasteiger charge is 2.28. The van der Waals surface area contributed by atoms with Gasteiger partial charge >= 0.3 is 17.9 Å². The first kappa shape index (κ1) is 36.5. The summed E-state index contributed by atoms with van der Waals surface area (Å²) >= 11 is 0. The van der Waals surface area contributed by atoms with E-state index in [2.05, 4.69) is 37.4 Å². The summed E-state index contributed by atoms with van der Waals surface area (Å²) < 4.78 is 15.8. The van der Waals surface area contributed by atoms with Gasteiger partial charge in [-0.05, 0) is 93.0 Å². The van der Waals surface area contributed by atoms with E-state index in [1.54, 1.807) is 0 Å². The van der Waals surface area contributed by atoms with Crippen molar-refractivity contribution in [2.45, 2.75) is 102 Å². The average molecular weight is 631 g/mol. The zero-order chi connectivity index (χ0) is 33.0. The van der Waals surface area contributed by atoms with E-state index >= 15 is 0 Å². The Balaban J connectivity index is 1.27. The zero-order valence-corrected chi connectivity index (χ0v) is 27.2. The van der Waals surface area contributed by atoms with Gasteiger partial charge in [-0.3, -0.25) is 4.79 Å². The third-order valence-corrected chi connectivity index (χ3v) is 8.54. The molecule has 248 valence electrons. The monoisotopic (exact) mass is 630 g/mol. The lowest BCUT2D eigenvalue weighted by Crippen LogP contribution is -2.28. The van der Waals surface area contributed by atoms with E-state index in [0.717, 1.165) is 82.6 Å². The van der Waals surface area contributed by atoms with Crippen LogP contribution in [0.5, 0.6) is 0 Å². The van der Waals surface area contributed by atoms with Crippen LogP contribution in [0.2, 0.25) is 0 Å². The van der Waals surface area contributed by atoms with Gasteiger partial charge in [0.25, 0.3) is 0 Å². The second kappa shape index (κ2) is 20.9. The van der Waals surface area contributed by atoms with E-state index in [9.17, 15) is 19.2 Å². The summed E-state index contributed by atoms with van der Waals surface area (Å²) in [6.45, 7) is 7.64. The molecule has 0 unspecified atom stereocenters. The van der Waals surface area contributed by atoms with Crippen LogP contribution in [0.25, 0.3) is 0 Å². The van der Waals surface area contributed by atoms with Crippen molar-refractivity contribution in [1.82, 2.24) is 0 Å². The molecule has 0 bridgehead atoms. The fraction of sp³-hybridized carbons (Fsp3) is 0.487. The molecular formula is C39H50O7. The Kier molecular flexibility index (Phi) is 16.6. The van der Waals surface area contributed by atoms with Crippen LogP contribution in [0, 0.1) is 5.92 Å². The van der Waals surface area contributed by atoms with Gasteiger partial charge in [-0.1, -0.05) is 75.2 Å². The Morgan fingerprint density at radius 1 is 0.609 bits per heavy atom. The number of esters is 3. The molecule has 0 aliphatic heterocycles. The van der Waals surface area contributed by atoms with E-state index < -0.39 is 0 Å². The molecular weight excluding hydrogens is 580 g/mol. The number of hydrogen-bond donors (Lipinski definition) is 0. The summed E-state index contributed by atoms with van der Waals surface area (Å²) in [4.78, 5) is 47.8. The third kappa shape index (κ3) is 14.0. The Morgan fingerprint density at radius 3 is 1.57 bits per heavy atom. The summed E-state index contributed by atoms with van der Waals surface area (Å²) in [5, 5.41) is 0. The van der Waals surface area contributed by atoms with Crippen LogP contribution < -0.4 is 0 Å². The smallest absolute Gasteiger partial charge is 0.338 e. The topological polar surface area (TPSA) is 96.0 Å². The lowest BCUT2D eigenvalue weighted by molar-refractivity contribution is -0.138. The molecule has 2 aromatic rings. The summed E-state index contributed by atoms with van der Waals surface area (Å²) in [5.74, 6) is -0.764. The quantitative estimate of drug-likeness (QED) is 0.0599. The predicted octanol–water partition coefficient (Wildman–Crippen LogP) is 7.88. The van der Waals surface area contributed by atoms with Gasteiger partial charge in [-0.25, -0.2) is 14.4 Å². The minimum Gasteiger partial charge on any atom is -0.463 e. The van der Waals surface area contributed by atoms with Gasteiger partial charge < -0.3 is 14.2 Å². The summed E-state index contributed by atoms with van der Waals surface area (Å²) in [7, 11) is 0. The number of benzene rings is 2. The molecule has 0 atom stereocenters. The third-order valence-electron chi connectivity index (χ3n) is 8.54. The van der Waals surface area contributed by atoms with Crippen LogP contribution in [0.1, 0.15) is 104 Å². The molecule has 2 aromatic carbocycles. The van der Waals surface area contributed by atoms with Crippen molar-refractivity contribution in [2.75, 3.05) is 13.2 Å². The van der Waals surface area contributed by atoms with Crippen LogP contribution in [-0.4, -0.2) is 43.0 Å². The molecule has 0 aromatic heterocycles. The first-order valence-corrected chi connectivity index (χ1v) is 16.9. The number of Topliss-reactive ketones (excluding diaryl/α,β-unsaturated/α-hetero) is 1. The maximum absolute atomic E-state index is 13.0. The molecule has 46 heavy (non-hydrogen) atoms. The van der Waals surface area contributed by atoms with Crippen molar-refractivity contribution >= 4 is 23.7 Å². The molecule has 0 spiro atoms. The Bertz CT molecular complexity index is 1250. The van der Waals surface area contributed by atoms with Crippen molar-refractivity contribution in [3.8, 4) is 0 Å². The minimum atomic E-state index is -0.377. The van der Waals surface area contributed by atoms with Crippen LogP contribution in [0.4, 0.5) is 0 Å². The highest BCUT2D eigenvalue weighted by Crippen LogP contribution is 2.29. The maximum atomic E-state index is 13.0. The second-order valence-corrected chi connectivity index (χ2v) is 12.1. The van der Waals surface area contributed by atoms with Crippen molar-refractivity contribution < 1.29 is 33.4 Å². The van der Waals surface area contributed by atoms with Gasteiger partial charge in [-0.15, -0.1) is 0 Å². The molecule has 1 aliphatic rings.